The molecule has 0 aromatic heterocycles. The molecule has 0 saturated heterocycles. The molecule has 34 heavy (non-hydrogen) atoms. The van der Waals surface area contributed by atoms with Crippen LogP contribution >= 0.6 is 0 Å². The van der Waals surface area contributed by atoms with Gasteiger partial charge in [-0.25, -0.2) is 8.42 Å². The number of hydrogen-bond acceptors (Lipinski definition) is 4. The third kappa shape index (κ3) is 6.24. The molecule has 0 aliphatic rings. The van der Waals surface area contributed by atoms with E-state index in [4.69, 9.17) is 4.74 Å². The van der Waals surface area contributed by atoms with E-state index in [1.165, 1.54) is 0 Å². The SMILES string of the molecule is COc1ccc([C@H](C)NC(=O)[C@@H](Cc2ccccc2)NS(=O)(=O)c2c(C)cc(C)cc2C)cc1. The second-order valence-electron chi connectivity index (χ2n) is 8.59. The number of hydrogen-bond donors (Lipinski definition) is 2. The van der Waals surface area contributed by atoms with Gasteiger partial charge in [-0.05, 0) is 68.5 Å². The lowest BCUT2D eigenvalue weighted by Gasteiger charge is -2.23. The molecule has 0 heterocycles. The zero-order valence-electron chi connectivity index (χ0n) is 20.3. The fourth-order valence-corrected chi connectivity index (χ4v) is 5.81. The Morgan fingerprint density at radius 2 is 1.53 bits per heavy atom. The number of sulfonamides is 1. The van der Waals surface area contributed by atoms with Crippen molar-refractivity contribution >= 4 is 15.9 Å². The van der Waals surface area contributed by atoms with Gasteiger partial charge in [-0.1, -0.05) is 60.2 Å². The van der Waals surface area contributed by atoms with Gasteiger partial charge >= 0.3 is 0 Å². The molecule has 0 aliphatic heterocycles. The number of rotatable bonds is 9. The van der Waals surface area contributed by atoms with Gasteiger partial charge in [0.15, 0.2) is 0 Å². The van der Waals surface area contributed by atoms with Crippen LogP contribution in [0.5, 0.6) is 5.75 Å². The molecule has 2 N–H and O–H groups in total. The van der Waals surface area contributed by atoms with Gasteiger partial charge in [0, 0.05) is 0 Å². The predicted octanol–water partition coefficient (Wildman–Crippen LogP) is 4.39. The molecule has 6 nitrogen and oxygen atoms in total. The highest BCUT2D eigenvalue weighted by atomic mass is 32.2. The molecule has 0 saturated carbocycles. The first-order valence-corrected chi connectivity index (χ1v) is 12.7. The van der Waals surface area contributed by atoms with E-state index in [-0.39, 0.29) is 17.4 Å². The van der Waals surface area contributed by atoms with E-state index < -0.39 is 22.0 Å². The second kappa shape index (κ2) is 10.8. The Labute approximate surface area is 202 Å². The van der Waals surface area contributed by atoms with Crippen LogP contribution in [0, 0.1) is 20.8 Å². The summed E-state index contributed by atoms with van der Waals surface area (Å²) in [5.74, 6) is 0.332. The fraction of sp³-hybridized carbons (Fsp3) is 0.296. The molecule has 0 unspecified atom stereocenters. The number of amides is 1. The average Bonchev–Trinajstić information content (AvgIpc) is 2.78. The fourth-order valence-electron chi connectivity index (χ4n) is 4.16. The minimum Gasteiger partial charge on any atom is -0.497 e. The van der Waals surface area contributed by atoms with E-state index in [1.54, 1.807) is 21.0 Å². The molecule has 1 amide bonds. The molecule has 3 aromatic rings. The zero-order chi connectivity index (χ0) is 24.9. The summed E-state index contributed by atoms with van der Waals surface area (Å²) >= 11 is 0. The van der Waals surface area contributed by atoms with E-state index >= 15 is 0 Å². The molecule has 2 atom stereocenters. The van der Waals surface area contributed by atoms with Crippen molar-refractivity contribution in [3.05, 3.63) is 94.5 Å². The lowest BCUT2D eigenvalue weighted by molar-refractivity contribution is -0.123. The highest BCUT2D eigenvalue weighted by Gasteiger charge is 2.29. The number of methoxy groups -OCH3 is 1. The molecule has 3 aromatic carbocycles. The third-order valence-electron chi connectivity index (χ3n) is 5.74. The van der Waals surface area contributed by atoms with Crippen molar-refractivity contribution in [2.45, 2.75) is 51.1 Å². The third-order valence-corrected chi connectivity index (χ3v) is 7.52. The number of nitrogens with one attached hydrogen (secondary N) is 2. The van der Waals surface area contributed by atoms with E-state index in [0.717, 1.165) is 22.4 Å². The van der Waals surface area contributed by atoms with Crippen molar-refractivity contribution in [3.63, 3.8) is 0 Å². The topological polar surface area (TPSA) is 84.5 Å². The summed E-state index contributed by atoms with van der Waals surface area (Å²) in [6, 6.07) is 19.1. The molecule has 0 radical (unpaired) electrons. The van der Waals surface area contributed by atoms with Crippen molar-refractivity contribution in [2.75, 3.05) is 7.11 Å². The molecule has 0 bridgehead atoms. The zero-order valence-corrected chi connectivity index (χ0v) is 21.1. The van der Waals surface area contributed by atoms with E-state index in [9.17, 15) is 13.2 Å². The minimum atomic E-state index is -3.94. The average molecular weight is 481 g/mol. The maximum absolute atomic E-state index is 13.4. The number of carbonyl (C=O) groups excluding carboxylic acids is 1. The van der Waals surface area contributed by atoms with Crippen LogP contribution in [0.3, 0.4) is 0 Å². The molecular formula is C27H32N2O4S. The van der Waals surface area contributed by atoms with E-state index in [0.29, 0.717) is 11.1 Å². The van der Waals surface area contributed by atoms with Crippen LogP contribution in [0.15, 0.2) is 71.6 Å². The van der Waals surface area contributed by atoms with Crippen LogP contribution in [-0.4, -0.2) is 27.5 Å². The summed E-state index contributed by atoms with van der Waals surface area (Å²) < 4.78 is 34.7. The second-order valence-corrected chi connectivity index (χ2v) is 10.2. The van der Waals surface area contributed by atoms with Gasteiger partial charge in [-0.3, -0.25) is 4.79 Å². The van der Waals surface area contributed by atoms with Gasteiger partial charge in [0.25, 0.3) is 0 Å². The Balaban J connectivity index is 1.88. The Morgan fingerprint density at radius 3 is 2.09 bits per heavy atom. The predicted molar refractivity (Wildman–Crippen MR) is 134 cm³/mol. The van der Waals surface area contributed by atoms with Crippen molar-refractivity contribution in [1.82, 2.24) is 10.0 Å². The van der Waals surface area contributed by atoms with Crippen molar-refractivity contribution in [2.24, 2.45) is 0 Å². The van der Waals surface area contributed by atoms with Crippen LogP contribution < -0.4 is 14.8 Å². The number of aryl methyl sites for hydroxylation is 3. The highest BCUT2D eigenvalue weighted by molar-refractivity contribution is 7.89. The van der Waals surface area contributed by atoms with E-state index in [1.807, 2.05) is 80.6 Å². The highest BCUT2D eigenvalue weighted by Crippen LogP contribution is 2.23. The first kappa shape index (κ1) is 25.5. The first-order chi connectivity index (χ1) is 16.1. The summed E-state index contributed by atoms with van der Waals surface area (Å²) in [7, 11) is -2.34. The van der Waals surface area contributed by atoms with Crippen LogP contribution in [0.25, 0.3) is 0 Å². The van der Waals surface area contributed by atoms with Crippen molar-refractivity contribution in [3.8, 4) is 5.75 Å². The monoisotopic (exact) mass is 480 g/mol. The summed E-state index contributed by atoms with van der Waals surface area (Å²) in [6.45, 7) is 7.33. The van der Waals surface area contributed by atoms with Gasteiger partial charge in [0.1, 0.15) is 11.8 Å². The van der Waals surface area contributed by atoms with Crippen LogP contribution in [-0.2, 0) is 21.2 Å². The molecule has 7 heteroatoms. The number of benzene rings is 3. The maximum atomic E-state index is 13.4. The first-order valence-electron chi connectivity index (χ1n) is 11.2. The lowest BCUT2D eigenvalue weighted by Crippen LogP contribution is -2.48. The summed E-state index contributed by atoms with van der Waals surface area (Å²) in [5.41, 5.74) is 4.03. The molecule has 180 valence electrons. The number of carbonyl (C=O) groups is 1. The maximum Gasteiger partial charge on any atom is 0.241 e. The lowest BCUT2D eigenvalue weighted by atomic mass is 10.0. The normalized spacial score (nSPS) is 13.2. The van der Waals surface area contributed by atoms with Gasteiger partial charge in [-0.15, -0.1) is 0 Å². The van der Waals surface area contributed by atoms with Crippen molar-refractivity contribution < 1.29 is 17.9 Å². The van der Waals surface area contributed by atoms with Crippen LogP contribution in [0.2, 0.25) is 0 Å². The Morgan fingerprint density at radius 1 is 0.941 bits per heavy atom. The van der Waals surface area contributed by atoms with Gasteiger partial charge in [0.05, 0.1) is 18.0 Å². The van der Waals surface area contributed by atoms with Crippen molar-refractivity contribution in [1.29, 1.82) is 0 Å². The molecule has 0 spiro atoms. The van der Waals surface area contributed by atoms with E-state index in [2.05, 4.69) is 10.0 Å². The largest absolute Gasteiger partial charge is 0.497 e. The molecule has 3 rings (SSSR count). The van der Waals surface area contributed by atoms with Crippen LogP contribution in [0.4, 0.5) is 0 Å². The molecule has 0 fully saturated rings. The Bertz CT molecular complexity index is 1220. The summed E-state index contributed by atoms with van der Waals surface area (Å²) in [5, 5.41) is 2.96. The minimum absolute atomic E-state index is 0.215. The quantitative estimate of drug-likeness (QED) is 0.476. The Hall–Kier alpha value is -3.16. The number of ether oxygens (including phenoxy) is 1. The standard InChI is InChI=1S/C27H32N2O4S/c1-18-15-19(2)26(20(3)16-18)34(31,32)29-25(17-22-9-7-6-8-10-22)27(30)28-21(4)23-11-13-24(33-5)14-12-23/h6-16,21,25,29H,17H2,1-5H3,(H,28,30)/t21-,25+/m0/s1. The smallest absolute Gasteiger partial charge is 0.241 e. The van der Waals surface area contributed by atoms with Crippen LogP contribution in [0.1, 0.15) is 40.8 Å². The van der Waals surface area contributed by atoms with Gasteiger partial charge in [0.2, 0.25) is 15.9 Å². The molecule has 0 aliphatic carbocycles. The molecular weight excluding hydrogens is 448 g/mol. The van der Waals surface area contributed by atoms with Gasteiger partial charge < -0.3 is 10.1 Å². The Kier molecular flexibility index (Phi) is 8.12. The summed E-state index contributed by atoms with van der Waals surface area (Å²) in [6.07, 6.45) is 0.227. The van der Waals surface area contributed by atoms with Gasteiger partial charge in [-0.2, -0.15) is 4.72 Å². The summed E-state index contributed by atoms with van der Waals surface area (Å²) in [4.78, 5) is 13.5.